The fourth-order valence-electron chi connectivity index (χ4n) is 5.18. The molecule has 0 aliphatic carbocycles. The lowest BCUT2D eigenvalue weighted by Gasteiger charge is -2.26. The minimum Gasteiger partial charge on any atom is -0.487 e. The largest absolute Gasteiger partial charge is 0.487 e. The van der Waals surface area contributed by atoms with E-state index >= 15 is 0 Å². The average molecular weight is 553 g/mol. The van der Waals surface area contributed by atoms with Crippen LogP contribution >= 0.6 is 11.6 Å². The summed E-state index contributed by atoms with van der Waals surface area (Å²) in [4.78, 5) is 11.5. The fourth-order valence-corrected chi connectivity index (χ4v) is 5.42. The first-order chi connectivity index (χ1) is 19.6. The van der Waals surface area contributed by atoms with Gasteiger partial charge in [0.2, 0.25) is 0 Å². The molecule has 5 nitrogen and oxygen atoms in total. The molecular weight excluding hydrogens is 523 g/mol. The average Bonchev–Trinajstić information content (AvgIpc) is 2.97. The van der Waals surface area contributed by atoms with E-state index in [1.54, 1.807) is 24.5 Å². The third-order valence-electron chi connectivity index (χ3n) is 7.23. The van der Waals surface area contributed by atoms with Gasteiger partial charge < -0.3 is 10.1 Å². The summed E-state index contributed by atoms with van der Waals surface area (Å²) in [6.07, 6.45) is 5.47. The summed E-state index contributed by atoms with van der Waals surface area (Å²) in [5.74, 6) is 0.925. The number of hydrogen-bond donors (Lipinski definition) is 1. The van der Waals surface area contributed by atoms with Crippen molar-refractivity contribution in [1.29, 1.82) is 0 Å². The Morgan fingerprint density at radius 1 is 0.825 bits per heavy atom. The molecule has 0 unspecified atom stereocenters. The third-order valence-corrected chi connectivity index (χ3v) is 7.52. The second-order valence-electron chi connectivity index (χ2n) is 10.2. The van der Waals surface area contributed by atoms with E-state index in [2.05, 4.69) is 56.6 Å². The molecule has 0 radical (unpaired) electrons. The van der Waals surface area contributed by atoms with Crippen molar-refractivity contribution in [2.75, 3.05) is 18.4 Å². The van der Waals surface area contributed by atoms with Gasteiger partial charge in [0, 0.05) is 17.6 Å². The molecule has 1 aliphatic heterocycles. The molecule has 7 heteroatoms. The van der Waals surface area contributed by atoms with Gasteiger partial charge >= 0.3 is 0 Å². The zero-order chi connectivity index (χ0) is 27.3. The minimum atomic E-state index is -0.294. The lowest BCUT2D eigenvalue weighted by atomic mass is 10.0. The maximum atomic E-state index is 13.5. The van der Waals surface area contributed by atoms with Crippen molar-refractivity contribution < 1.29 is 9.13 Å². The van der Waals surface area contributed by atoms with Gasteiger partial charge in [0.1, 0.15) is 30.3 Å². The number of benzene rings is 4. The molecule has 0 saturated carbocycles. The highest BCUT2D eigenvalue weighted by molar-refractivity contribution is 6.32. The number of nitrogens with one attached hydrogen (secondary N) is 1. The number of hydrogen-bond acceptors (Lipinski definition) is 5. The molecule has 5 aromatic rings. The second-order valence-corrected chi connectivity index (χ2v) is 10.6. The molecule has 1 aliphatic rings. The molecule has 0 atom stereocenters. The molecule has 202 valence electrons. The molecule has 1 saturated heterocycles. The maximum Gasteiger partial charge on any atom is 0.141 e. The summed E-state index contributed by atoms with van der Waals surface area (Å²) in [6.45, 7) is 3.57. The van der Waals surface area contributed by atoms with Crippen LogP contribution in [0.4, 0.5) is 15.9 Å². The van der Waals surface area contributed by atoms with Crippen LogP contribution in [-0.4, -0.2) is 28.0 Å². The lowest BCUT2D eigenvalue weighted by molar-refractivity contribution is 0.221. The van der Waals surface area contributed by atoms with Crippen LogP contribution in [0.5, 0.6) is 5.75 Å². The van der Waals surface area contributed by atoms with E-state index in [0.717, 1.165) is 34.3 Å². The van der Waals surface area contributed by atoms with Crippen LogP contribution in [-0.2, 0) is 13.2 Å². The molecule has 0 amide bonds. The third kappa shape index (κ3) is 6.24. The van der Waals surface area contributed by atoms with Crippen molar-refractivity contribution in [3.05, 3.63) is 113 Å². The predicted octanol–water partition coefficient (Wildman–Crippen LogP) is 8.40. The van der Waals surface area contributed by atoms with E-state index in [9.17, 15) is 4.39 Å². The Labute approximate surface area is 238 Å². The van der Waals surface area contributed by atoms with Crippen molar-refractivity contribution >= 4 is 34.0 Å². The maximum absolute atomic E-state index is 13.5. The van der Waals surface area contributed by atoms with Gasteiger partial charge in [-0.1, -0.05) is 54.4 Å². The zero-order valence-corrected chi connectivity index (χ0v) is 22.9. The highest BCUT2D eigenvalue weighted by Crippen LogP contribution is 2.32. The molecule has 0 bridgehead atoms. The number of anilines is 2. The Balaban J connectivity index is 1.21. The Bertz CT molecular complexity index is 1640. The van der Waals surface area contributed by atoms with E-state index in [1.165, 1.54) is 55.6 Å². The van der Waals surface area contributed by atoms with Crippen LogP contribution in [0.15, 0.2) is 91.3 Å². The lowest BCUT2D eigenvalue weighted by Crippen LogP contribution is -2.29. The van der Waals surface area contributed by atoms with Gasteiger partial charge in [-0.2, -0.15) is 0 Å². The van der Waals surface area contributed by atoms with Crippen LogP contribution in [0.3, 0.4) is 0 Å². The van der Waals surface area contributed by atoms with E-state index in [0.29, 0.717) is 16.6 Å². The van der Waals surface area contributed by atoms with E-state index in [-0.39, 0.29) is 12.4 Å². The Kier molecular flexibility index (Phi) is 7.89. The first-order valence-electron chi connectivity index (χ1n) is 13.6. The first-order valence-corrected chi connectivity index (χ1v) is 14.0. The highest BCUT2D eigenvalue weighted by Gasteiger charge is 2.12. The van der Waals surface area contributed by atoms with Gasteiger partial charge in [0.15, 0.2) is 0 Å². The number of likely N-dealkylation sites (tertiary alicyclic amines) is 1. The number of halogens is 2. The van der Waals surface area contributed by atoms with Gasteiger partial charge in [0.25, 0.3) is 0 Å². The van der Waals surface area contributed by atoms with Crippen molar-refractivity contribution in [2.24, 2.45) is 0 Å². The Hall–Kier alpha value is -4.00. The Morgan fingerprint density at radius 3 is 2.50 bits per heavy atom. The van der Waals surface area contributed by atoms with Crippen molar-refractivity contribution in [1.82, 2.24) is 14.9 Å². The number of nitrogens with zero attached hydrogens (tertiary/aromatic N) is 3. The number of ether oxygens (including phenoxy) is 1. The SMILES string of the molecule is Fc1cccc(COc2ccc(Nc3ncnc4ccc(-c5cccc(CN6CCCCC6)c5)cc34)cc2Cl)c1. The van der Waals surface area contributed by atoms with E-state index in [1.807, 2.05) is 18.2 Å². The smallest absolute Gasteiger partial charge is 0.141 e. The van der Waals surface area contributed by atoms with Gasteiger partial charge in [-0.25, -0.2) is 14.4 Å². The summed E-state index contributed by atoms with van der Waals surface area (Å²) in [5.41, 5.74) is 5.98. The van der Waals surface area contributed by atoms with Crippen LogP contribution in [0.25, 0.3) is 22.0 Å². The number of rotatable bonds is 8. The number of piperidine rings is 1. The molecular formula is C33H30ClFN4O. The summed E-state index contributed by atoms with van der Waals surface area (Å²) in [6, 6.07) is 26.9. The molecule has 6 rings (SSSR count). The van der Waals surface area contributed by atoms with Crippen LogP contribution in [0, 0.1) is 5.82 Å². The molecule has 1 aromatic heterocycles. The topological polar surface area (TPSA) is 50.3 Å². The van der Waals surface area contributed by atoms with Crippen LogP contribution < -0.4 is 10.1 Å². The number of fused-ring (bicyclic) bond motifs is 1. The standard InChI is InChI=1S/C33H30ClFN4O/c34-30-19-28(11-13-32(30)40-21-24-7-5-9-27(35)17-24)38-33-29-18-26(10-12-31(29)36-22-37-33)25-8-4-6-23(16-25)20-39-14-2-1-3-15-39/h4-13,16-19,22H,1-3,14-15,20-21H2,(H,36,37,38). The fraction of sp³-hybridized carbons (Fsp3) is 0.212. The summed E-state index contributed by atoms with van der Waals surface area (Å²) < 4.78 is 19.3. The van der Waals surface area contributed by atoms with Crippen molar-refractivity contribution in [3.63, 3.8) is 0 Å². The molecule has 2 heterocycles. The zero-order valence-electron chi connectivity index (χ0n) is 22.1. The normalized spacial score (nSPS) is 13.8. The summed E-state index contributed by atoms with van der Waals surface area (Å²) in [5, 5.41) is 4.76. The van der Waals surface area contributed by atoms with Gasteiger partial charge in [-0.15, -0.1) is 0 Å². The molecule has 40 heavy (non-hydrogen) atoms. The Morgan fingerprint density at radius 2 is 1.65 bits per heavy atom. The first kappa shape index (κ1) is 26.2. The second kappa shape index (κ2) is 12.0. The minimum absolute atomic E-state index is 0.225. The highest BCUT2D eigenvalue weighted by atomic mass is 35.5. The van der Waals surface area contributed by atoms with E-state index in [4.69, 9.17) is 16.3 Å². The van der Waals surface area contributed by atoms with Crippen LogP contribution in [0.1, 0.15) is 30.4 Å². The van der Waals surface area contributed by atoms with Gasteiger partial charge in [0.05, 0.1) is 10.5 Å². The summed E-state index contributed by atoms with van der Waals surface area (Å²) >= 11 is 6.53. The van der Waals surface area contributed by atoms with E-state index < -0.39 is 0 Å². The van der Waals surface area contributed by atoms with Gasteiger partial charge in [-0.05, 0) is 96.7 Å². The molecule has 1 N–H and O–H groups in total. The number of aromatic nitrogens is 2. The van der Waals surface area contributed by atoms with Crippen molar-refractivity contribution in [3.8, 4) is 16.9 Å². The quantitative estimate of drug-likeness (QED) is 0.209. The van der Waals surface area contributed by atoms with Crippen molar-refractivity contribution in [2.45, 2.75) is 32.4 Å². The summed E-state index contributed by atoms with van der Waals surface area (Å²) in [7, 11) is 0. The molecule has 0 spiro atoms. The van der Waals surface area contributed by atoms with Gasteiger partial charge in [-0.3, -0.25) is 4.90 Å². The predicted molar refractivity (Wildman–Crippen MR) is 160 cm³/mol. The molecule has 4 aromatic carbocycles. The molecule has 1 fully saturated rings. The van der Waals surface area contributed by atoms with Crippen LogP contribution in [0.2, 0.25) is 5.02 Å². The monoisotopic (exact) mass is 552 g/mol.